The summed E-state index contributed by atoms with van der Waals surface area (Å²) in [5, 5.41) is 23.8. The number of rotatable bonds is 50. The van der Waals surface area contributed by atoms with Crippen LogP contribution in [0.2, 0.25) is 0 Å². The van der Waals surface area contributed by atoms with Gasteiger partial charge < -0.3 is 20.3 Å². The summed E-state index contributed by atoms with van der Waals surface area (Å²) in [5.74, 6) is -0.525. The lowest BCUT2D eigenvalue weighted by Gasteiger charge is -2.24. The molecule has 3 N–H and O–H groups in total. The number of aliphatic hydroxyl groups excluding tert-OH is 2. The molecule has 0 fully saturated rings. The topological polar surface area (TPSA) is 95.9 Å². The van der Waals surface area contributed by atoms with Crippen LogP contribution in [0.25, 0.3) is 0 Å². The molecule has 0 aliphatic carbocycles. The molecule has 0 bridgehead atoms. The second kappa shape index (κ2) is 52.5. The highest BCUT2D eigenvalue weighted by Crippen LogP contribution is 2.18. The fourth-order valence-electron chi connectivity index (χ4n) is 8.38. The minimum Gasteiger partial charge on any atom is -0.462 e. The van der Waals surface area contributed by atoms with Crippen molar-refractivity contribution in [2.75, 3.05) is 6.61 Å². The summed E-state index contributed by atoms with van der Waals surface area (Å²) in [6.45, 7) is 6.37. The zero-order valence-electron chi connectivity index (χ0n) is 43.1. The van der Waals surface area contributed by atoms with E-state index in [9.17, 15) is 19.8 Å². The maximum Gasteiger partial charge on any atom is 0.306 e. The van der Waals surface area contributed by atoms with Crippen LogP contribution in [-0.4, -0.2) is 46.9 Å². The lowest BCUT2D eigenvalue weighted by atomic mass is 10.0. The van der Waals surface area contributed by atoms with Gasteiger partial charge in [0.2, 0.25) is 5.91 Å². The van der Waals surface area contributed by atoms with E-state index in [0.717, 1.165) is 96.3 Å². The van der Waals surface area contributed by atoms with Crippen LogP contribution < -0.4 is 5.32 Å². The molecule has 378 valence electrons. The number of aliphatic hydroxyl groups is 2. The van der Waals surface area contributed by atoms with Crippen LogP contribution in [0.15, 0.2) is 60.8 Å². The van der Waals surface area contributed by atoms with E-state index in [1.54, 1.807) is 0 Å². The Bertz CT molecular complexity index is 1160. The molecular formula is C59H107NO5. The first-order valence-electron chi connectivity index (χ1n) is 28.0. The molecule has 0 aromatic heterocycles. The molecule has 0 saturated heterocycles. The van der Waals surface area contributed by atoms with Gasteiger partial charge in [0.05, 0.1) is 25.2 Å². The van der Waals surface area contributed by atoms with Crippen LogP contribution >= 0.6 is 0 Å². The zero-order chi connectivity index (χ0) is 47.4. The molecule has 0 heterocycles. The van der Waals surface area contributed by atoms with Gasteiger partial charge in [-0.1, -0.05) is 242 Å². The minimum atomic E-state index is -0.802. The number of hydrogen-bond acceptors (Lipinski definition) is 5. The SMILES string of the molecule is CC/C=C/C/C=C/C/C=C/CCCCC(CC(=O)NC(CO)C(O)CCCCCCCCCCCCCCCCCC)OC(=O)CCCCCCC/C=C/C=C/CCCCCCCCC. The van der Waals surface area contributed by atoms with E-state index in [0.29, 0.717) is 19.3 Å². The summed E-state index contributed by atoms with van der Waals surface area (Å²) in [6, 6.07) is -0.719. The first-order valence-corrected chi connectivity index (χ1v) is 28.0. The highest BCUT2D eigenvalue weighted by atomic mass is 16.5. The molecule has 3 atom stereocenters. The van der Waals surface area contributed by atoms with E-state index >= 15 is 0 Å². The Morgan fingerprint density at radius 3 is 1.37 bits per heavy atom. The predicted molar refractivity (Wildman–Crippen MR) is 282 cm³/mol. The van der Waals surface area contributed by atoms with Crippen LogP contribution in [0.1, 0.15) is 278 Å². The Hall–Kier alpha value is -2.44. The Kier molecular flexibility index (Phi) is 50.6. The predicted octanol–water partition coefficient (Wildman–Crippen LogP) is 17.2. The third-order valence-corrected chi connectivity index (χ3v) is 12.6. The molecule has 0 aromatic rings. The van der Waals surface area contributed by atoms with Crippen LogP contribution in [0.3, 0.4) is 0 Å². The standard InChI is InChI=1S/C59H107NO5/c1-4-7-10-13-16-19-22-25-27-29-30-32-34-37-40-43-46-49-52-59(64)65-55(50-47-44-41-38-35-24-21-18-15-12-9-6-3)53-58(63)60-56(54-61)57(62)51-48-45-42-39-36-33-31-28-26-23-20-17-14-11-8-5-2/h9,12,18,21,27,29-30,32,35,38,55-57,61-62H,4-8,10-11,13-17,19-20,22-26,28,31,33-34,36-37,39-54H2,1-3H3,(H,60,63)/b12-9+,21-18+,29-27+,32-30+,38-35+. The minimum absolute atomic E-state index is 0.0446. The van der Waals surface area contributed by atoms with Crippen molar-refractivity contribution >= 4 is 11.9 Å². The molecule has 6 nitrogen and oxygen atoms in total. The lowest BCUT2D eigenvalue weighted by molar-refractivity contribution is -0.151. The molecule has 6 heteroatoms. The van der Waals surface area contributed by atoms with Crippen molar-refractivity contribution < 1.29 is 24.5 Å². The van der Waals surface area contributed by atoms with Crippen molar-refractivity contribution in [3.8, 4) is 0 Å². The van der Waals surface area contributed by atoms with E-state index in [-0.39, 0.29) is 24.9 Å². The maximum absolute atomic E-state index is 13.2. The first-order chi connectivity index (χ1) is 32.0. The van der Waals surface area contributed by atoms with Gasteiger partial charge in [0.1, 0.15) is 6.10 Å². The van der Waals surface area contributed by atoms with Crippen LogP contribution in [0.5, 0.6) is 0 Å². The van der Waals surface area contributed by atoms with E-state index < -0.39 is 18.2 Å². The molecule has 3 unspecified atom stereocenters. The fraction of sp³-hybridized carbons (Fsp3) is 0.797. The Labute approximate surface area is 403 Å². The number of ether oxygens (including phenoxy) is 1. The van der Waals surface area contributed by atoms with Gasteiger partial charge in [0, 0.05) is 6.42 Å². The van der Waals surface area contributed by atoms with Crippen LogP contribution in [0.4, 0.5) is 0 Å². The van der Waals surface area contributed by atoms with Crippen LogP contribution in [-0.2, 0) is 14.3 Å². The third kappa shape index (κ3) is 47.8. The van der Waals surface area contributed by atoms with Gasteiger partial charge in [-0.15, -0.1) is 0 Å². The summed E-state index contributed by atoms with van der Waals surface area (Å²) < 4.78 is 5.92. The molecule has 0 aliphatic rings. The van der Waals surface area contributed by atoms with Crippen molar-refractivity contribution in [3.63, 3.8) is 0 Å². The Morgan fingerprint density at radius 2 is 0.877 bits per heavy atom. The monoisotopic (exact) mass is 910 g/mol. The smallest absolute Gasteiger partial charge is 0.306 e. The molecule has 1 amide bonds. The van der Waals surface area contributed by atoms with E-state index in [1.807, 2.05) is 0 Å². The number of nitrogens with one attached hydrogen (secondary N) is 1. The average molecular weight is 911 g/mol. The second-order valence-corrected chi connectivity index (χ2v) is 19.0. The zero-order valence-corrected chi connectivity index (χ0v) is 43.1. The van der Waals surface area contributed by atoms with E-state index in [1.165, 1.54) is 135 Å². The van der Waals surface area contributed by atoms with Gasteiger partial charge in [-0.2, -0.15) is 0 Å². The van der Waals surface area contributed by atoms with Gasteiger partial charge >= 0.3 is 5.97 Å². The number of esters is 1. The summed E-state index contributed by atoms with van der Waals surface area (Å²) in [4.78, 5) is 26.2. The molecular weight excluding hydrogens is 803 g/mol. The van der Waals surface area contributed by atoms with Gasteiger partial charge in [0.25, 0.3) is 0 Å². The van der Waals surface area contributed by atoms with Crippen molar-refractivity contribution in [1.82, 2.24) is 5.32 Å². The second-order valence-electron chi connectivity index (χ2n) is 19.0. The normalized spacial score (nSPS) is 13.6. The molecule has 0 rings (SSSR count). The highest BCUT2D eigenvalue weighted by Gasteiger charge is 2.24. The third-order valence-electron chi connectivity index (χ3n) is 12.6. The Morgan fingerprint density at radius 1 is 0.477 bits per heavy atom. The van der Waals surface area contributed by atoms with Crippen molar-refractivity contribution in [1.29, 1.82) is 0 Å². The van der Waals surface area contributed by atoms with Crippen molar-refractivity contribution in [3.05, 3.63) is 60.8 Å². The quantitative estimate of drug-likeness (QED) is 0.0245. The van der Waals surface area contributed by atoms with Gasteiger partial charge in [-0.25, -0.2) is 0 Å². The van der Waals surface area contributed by atoms with Gasteiger partial charge in [0.15, 0.2) is 0 Å². The number of carbonyl (C=O) groups is 2. The Balaban J connectivity index is 4.55. The van der Waals surface area contributed by atoms with Crippen molar-refractivity contribution in [2.45, 2.75) is 296 Å². The summed E-state index contributed by atoms with van der Waals surface area (Å²) in [6.07, 6.45) is 65.8. The number of hydrogen-bond donors (Lipinski definition) is 3. The molecule has 0 saturated carbocycles. The molecule has 0 spiro atoms. The summed E-state index contributed by atoms with van der Waals surface area (Å²) in [5.41, 5.74) is 0. The number of amides is 1. The number of allylic oxidation sites excluding steroid dienone is 10. The molecule has 0 radical (unpaired) electrons. The van der Waals surface area contributed by atoms with Gasteiger partial charge in [-0.3, -0.25) is 9.59 Å². The fourth-order valence-corrected chi connectivity index (χ4v) is 8.38. The summed E-state index contributed by atoms with van der Waals surface area (Å²) in [7, 11) is 0. The maximum atomic E-state index is 13.2. The first kappa shape index (κ1) is 62.6. The lowest BCUT2D eigenvalue weighted by Crippen LogP contribution is -2.46. The molecule has 65 heavy (non-hydrogen) atoms. The van der Waals surface area contributed by atoms with E-state index in [4.69, 9.17) is 4.74 Å². The van der Waals surface area contributed by atoms with E-state index in [2.05, 4.69) is 86.8 Å². The summed E-state index contributed by atoms with van der Waals surface area (Å²) >= 11 is 0. The number of unbranched alkanes of at least 4 members (excludes halogenated alkanes) is 29. The van der Waals surface area contributed by atoms with Crippen LogP contribution in [0, 0.1) is 0 Å². The highest BCUT2D eigenvalue weighted by molar-refractivity contribution is 5.77. The molecule has 0 aromatic carbocycles. The number of carbonyl (C=O) groups excluding carboxylic acids is 2. The van der Waals surface area contributed by atoms with Gasteiger partial charge in [-0.05, 0) is 83.5 Å². The molecule has 0 aliphatic heterocycles. The average Bonchev–Trinajstić information content (AvgIpc) is 3.30. The van der Waals surface area contributed by atoms with Crippen molar-refractivity contribution in [2.24, 2.45) is 0 Å². The largest absolute Gasteiger partial charge is 0.462 e.